The third-order valence-electron chi connectivity index (χ3n) is 8.50. The molecule has 3 saturated heterocycles. The molecule has 47 heavy (non-hydrogen) atoms. The van der Waals surface area contributed by atoms with E-state index in [0.717, 1.165) is 50.6 Å². The number of piperazine rings is 1. The average Bonchev–Trinajstić information content (AvgIpc) is 3.04. The van der Waals surface area contributed by atoms with Crippen molar-refractivity contribution in [2.24, 2.45) is 0 Å². The van der Waals surface area contributed by atoms with E-state index in [1.54, 1.807) is 36.4 Å². The van der Waals surface area contributed by atoms with Crippen LogP contribution < -0.4 is 19.7 Å². The molecule has 0 aliphatic carbocycles. The minimum atomic E-state index is -0.536. The number of hydrogen-bond donors (Lipinski definition) is 1. The first-order valence-corrected chi connectivity index (χ1v) is 16.1. The van der Waals surface area contributed by atoms with Crippen LogP contribution in [0.1, 0.15) is 39.2 Å². The van der Waals surface area contributed by atoms with Crippen molar-refractivity contribution in [1.82, 2.24) is 24.8 Å². The van der Waals surface area contributed by atoms with Gasteiger partial charge in [-0.05, 0) is 57.2 Å². The van der Waals surface area contributed by atoms with E-state index in [9.17, 15) is 10.1 Å². The lowest BCUT2D eigenvalue weighted by atomic mass is 10.1. The van der Waals surface area contributed by atoms with Crippen molar-refractivity contribution >= 4 is 23.5 Å². The van der Waals surface area contributed by atoms with Crippen LogP contribution in [0.4, 0.5) is 22.2 Å². The first-order chi connectivity index (χ1) is 22.7. The minimum absolute atomic E-state index is 0.107. The standard InChI is InChI=1S/C34H42N8O5/c1-34(2,3)47-33(43)42-13-10-26(11-14-42)46-29-7-5-23(19-24(29)20-35)27-9-12-36-32(37-27)39-30-8-6-28(31(38-30)44-4)41-17-15-40(16-18-41)25-21-45-22-25/h5-9,12,19,25-26H,10-11,13-18,21-22H2,1-4H3,(H,36,37,38,39). The number of ether oxygens (including phenoxy) is 4. The van der Waals surface area contributed by atoms with Crippen molar-refractivity contribution in [2.45, 2.75) is 51.4 Å². The number of carbonyl (C=O) groups is 1. The number of nitrogens with zero attached hydrogens (tertiary/aromatic N) is 7. The number of anilines is 3. The van der Waals surface area contributed by atoms with E-state index in [-0.39, 0.29) is 12.2 Å². The van der Waals surface area contributed by atoms with Crippen LogP contribution in [0.5, 0.6) is 11.6 Å². The van der Waals surface area contributed by atoms with Crippen molar-refractivity contribution in [3.05, 3.63) is 48.2 Å². The molecule has 3 aliphatic heterocycles. The van der Waals surface area contributed by atoms with Crippen molar-refractivity contribution < 1.29 is 23.7 Å². The molecule has 1 amide bonds. The summed E-state index contributed by atoms with van der Waals surface area (Å²) in [7, 11) is 1.63. The molecule has 2 aromatic heterocycles. The first kappa shape index (κ1) is 32.3. The number of amides is 1. The van der Waals surface area contributed by atoms with Crippen LogP contribution in [0, 0.1) is 11.3 Å². The predicted molar refractivity (Wildman–Crippen MR) is 176 cm³/mol. The lowest BCUT2D eigenvalue weighted by Gasteiger charge is -2.43. The van der Waals surface area contributed by atoms with Gasteiger partial charge in [-0.2, -0.15) is 10.2 Å². The quantitative estimate of drug-likeness (QED) is 0.371. The molecule has 3 fully saturated rings. The molecule has 6 rings (SSSR count). The van der Waals surface area contributed by atoms with Gasteiger partial charge < -0.3 is 34.1 Å². The van der Waals surface area contributed by atoms with Crippen molar-refractivity contribution in [3.8, 4) is 29.0 Å². The molecule has 0 atom stereocenters. The van der Waals surface area contributed by atoms with Crippen LogP contribution in [-0.2, 0) is 9.47 Å². The number of carbonyl (C=O) groups excluding carboxylic acids is 1. The Kier molecular flexibility index (Phi) is 9.60. The smallest absolute Gasteiger partial charge is 0.410 e. The summed E-state index contributed by atoms with van der Waals surface area (Å²) in [6, 6.07) is 14.0. The highest BCUT2D eigenvalue weighted by Gasteiger charge is 2.30. The lowest BCUT2D eigenvalue weighted by molar-refractivity contribution is -0.0660. The molecule has 248 valence electrons. The molecule has 1 N–H and O–H groups in total. The third-order valence-corrected chi connectivity index (χ3v) is 8.50. The molecule has 0 bridgehead atoms. The molecule has 3 aromatic rings. The summed E-state index contributed by atoms with van der Waals surface area (Å²) >= 11 is 0. The molecule has 0 spiro atoms. The van der Waals surface area contributed by atoms with Crippen LogP contribution in [0.25, 0.3) is 11.3 Å². The molecule has 0 radical (unpaired) electrons. The van der Waals surface area contributed by atoms with E-state index in [2.05, 4.69) is 31.2 Å². The van der Waals surface area contributed by atoms with Crippen LogP contribution in [0.3, 0.4) is 0 Å². The van der Waals surface area contributed by atoms with Gasteiger partial charge in [-0.1, -0.05) is 0 Å². The fourth-order valence-corrected chi connectivity index (χ4v) is 5.89. The Balaban J connectivity index is 1.08. The van der Waals surface area contributed by atoms with Gasteiger partial charge in [-0.15, -0.1) is 0 Å². The molecule has 3 aliphatic rings. The Morgan fingerprint density at radius 2 is 1.79 bits per heavy atom. The number of piperidine rings is 1. The van der Waals surface area contributed by atoms with Crippen LogP contribution >= 0.6 is 0 Å². The largest absolute Gasteiger partial charge is 0.489 e. The van der Waals surface area contributed by atoms with E-state index >= 15 is 0 Å². The number of benzene rings is 1. The fraction of sp³-hybridized carbons (Fsp3) is 0.500. The van der Waals surface area contributed by atoms with Gasteiger partial charge in [0.05, 0.1) is 37.6 Å². The maximum absolute atomic E-state index is 12.4. The Morgan fingerprint density at radius 1 is 1.02 bits per heavy atom. The molecule has 13 nitrogen and oxygen atoms in total. The summed E-state index contributed by atoms with van der Waals surface area (Å²) in [6.45, 7) is 12.0. The monoisotopic (exact) mass is 642 g/mol. The zero-order valence-electron chi connectivity index (χ0n) is 27.4. The van der Waals surface area contributed by atoms with Gasteiger partial charge >= 0.3 is 6.09 Å². The summed E-state index contributed by atoms with van der Waals surface area (Å²) in [5.74, 6) is 1.98. The van der Waals surface area contributed by atoms with Crippen molar-refractivity contribution in [2.75, 3.05) is 69.8 Å². The van der Waals surface area contributed by atoms with E-state index < -0.39 is 5.60 Å². The van der Waals surface area contributed by atoms with Gasteiger partial charge in [0, 0.05) is 63.9 Å². The van der Waals surface area contributed by atoms with E-state index in [4.69, 9.17) is 23.9 Å². The number of aromatic nitrogens is 3. The highest BCUT2D eigenvalue weighted by molar-refractivity contribution is 5.68. The minimum Gasteiger partial charge on any atom is -0.489 e. The second kappa shape index (κ2) is 14.0. The van der Waals surface area contributed by atoms with E-state index in [0.29, 0.717) is 66.6 Å². The molecular weight excluding hydrogens is 600 g/mol. The highest BCUT2D eigenvalue weighted by Crippen LogP contribution is 2.31. The van der Waals surface area contributed by atoms with Gasteiger partial charge in [0.2, 0.25) is 11.8 Å². The van der Waals surface area contributed by atoms with Gasteiger partial charge in [0.1, 0.15) is 35.0 Å². The predicted octanol–water partition coefficient (Wildman–Crippen LogP) is 4.46. The number of hydrogen-bond acceptors (Lipinski definition) is 12. The summed E-state index contributed by atoms with van der Waals surface area (Å²) in [4.78, 5) is 32.7. The van der Waals surface area contributed by atoms with Gasteiger partial charge in [0.15, 0.2) is 0 Å². The van der Waals surface area contributed by atoms with Gasteiger partial charge in [-0.3, -0.25) is 4.90 Å². The Labute approximate surface area is 275 Å². The first-order valence-electron chi connectivity index (χ1n) is 16.1. The van der Waals surface area contributed by atoms with Gasteiger partial charge in [0.25, 0.3) is 0 Å². The second-order valence-electron chi connectivity index (χ2n) is 12.9. The maximum atomic E-state index is 12.4. The zero-order chi connectivity index (χ0) is 33.0. The molecule has 1 aromatic carbocycles. The summed E-state index contributed by atoms with van der Waals surface area (Å²) in [5.41, 5.74) is 2.24. The normalized spacial score (nSPS) is 17.9. The van der Waals surface area contributed by atoms with Crippen LogP contribution in [-0.4, -0.2) is 108 Å². The number of rotatable bonds is 8. The number of nitriles is 1. The number of pyridine rings is 1. The van der Waals surface area contributed by atoms with Crippen molar-refractivity contribution in [1.29, 1.82) is 5.26 Å². The molecule has 13 heteroatoms. The fourth-order valence-electron chi connectivity index (χ4n) is 5.89. The molecule has 0 saturated carbocycles. The van der Waals surface area contributed by atoms with E-state index in [1.807, 2.05) is 39.0 Å². The molecular formula is C34H42N8O5. The van der Waals surface area contributed by atoms with Crippen LogP contribution in [0.2, 0.25) is 0 Å². The highest BCUT2D eigenvalue weighted by atomic mass is 16.6. The van der Waals surface area contributed by atoms with Gasteiger partial charge in [-0.25, -0.2) is 14.8 Å². The Bertz CT molecular complexity index is 1600. The Hall–Kier alpha value is -4.67. The van der Waals surface area contributed by atoms with Crippen LogP contribution in [0.15, 0.2) is 42.6 Å². The maximum Gasteiger partial charge on any atom is 0.410 e. The number of likely N-dealkylation sites (tertiary alicyclic amines) is 1. The zero-order valence-corrected chi connectivity index (χ0v) is 27.4. The Morgan fingerprint density at radius 3 is 2.45 bits per heavy atom. The van der Waals surface area contributed by atoms with Crippen molar-refractivity contribution in [3.63, 3.8) is 0 Å². The number of nitrogens with one attached hydrogen (secondary N) is 1. The summed E-state index contributed by atoms with van der Waals surface area (Å²) in [5, 5.41) is 13.1. The second-order valence-corrected chi connectivity index (χ2v) is 12.9. The summed E-state index contributed by atoms with van der Waals surface area (Å²) in [6.07, 6.45) is 2.55. The summed E-state index contributed by atoms with van der Waals surface area (Å²) < 4.78 is 22.7. The SMILES string of the molecule is COc1nc(Nc2nccc(-c3ccc(OC4CCN(C(=O)OC(C)(C)C)CC4)c(C#N)c3)n2)ccc1N1CCN(C2COC2)CC1. The molecule has 0 unspecified atom stereocenters. The average molecular weight is 643 g/mol. The molecule has 5 heterocycles. The lowest BCUT2D eigenvalue weighted by Crippen LogP contribution is -2.56. The van der Waals surface area contributed by atoms with E-state index in [1.165, 1.54) is 0 Å². The topological polar surface area (TPSA) is 138 Å². The third kappa shape index (κ3) is 7.84. The number of methoxy groups -OCH3 is 1.